The molecule has 1 saturated heterocycles. The Bertz CT molecular complexity index is 1310. The van der Waals surface area contributed by atoms with Crippen molar-refractivity contribution in [2.45, 2.75) is 31.4 Å². The van der Waals surface area contributed by atoms with Crippen LogP contribution in [0.15, 0.2) is 72.9 Å². The van der Waals surface area contributed by atoms with Gasteiger partial charge in [0.05, 0.1) is 29.6 Å². The van der Waals surface area contributed by atoms with Gasteiger partial charge in [-0.2, -0.15) is 5.26 Å². The van der Waals surface area contributed by atoms with Gasteiger partial charge in [0, 0.05) is 29.2 Å². The molecule has 0 bridgehead atoms. The number of rotatable bonds is 7. The van der Waals surface area contributed by atoms with Crippen LogP contribution in [0.3, 0.4) is 0 Å². The predicted molar refractivity (Wildman–Crippen MR) is 132 cm³/mol. The minimum Gasteiger partial charge on any atom is -0.389 e. The highest BCUT2D eigenvalue weighted by atomic mass is 16.5. The van der Waals surface area contributed by atoms with Gasteiger partial charge in [-0.1, -0.05) is 48.5 Å². The Hall–Kier alpha value is -3.70. The number of aliphatic hydroxyl groups excluding tert-OH is 1. The van der Waals surface area contributed by atoms with Crippen molar-refractivity contribution in [3.63, 3.8) is 0 Å². The largest absolute Gasteiger partial charge is 0.389 e. The number of aliphatic hydroxyl groups is 1. The number of hydrogen-bond acceptors (Lipinski definition) is 6. The average Bonchev–Trinajstić information content (AvgIpc) is 3.21. The summed E-state index contributed by atoms with van der Waals surface area (Å²) in [5.74, 6) is 0. The van der Waals surface area contributed by atoms with Gasteiger partial charge in [0.1, 0.15) is 11.8 Å². The highest BCUT2D eigenvalue weighted by molar-refractivity contribution is 5.95. The summed E-state index contributed by atoms with van der Waals surface area (Å²) in [6.45, 7) is 2.44. The van der Waals surface area contributed by atoms with E-state index >= 15 is 0 Å². The number of ether oxygens (including phenoxy) is 1. The molecule has 1 aliphatic heterocycles. The summed E-state index contributed by atoms with van der Waals surface area (Å²) in [5.41, 5.74) is 5.08. The standard InChI is InChI=1S/C27H27N5O2/c1-17(33)27(31-25-20-7-3-4-9-22(20)30-23(25)15-28)34-24-16-32(2)26(24)19-12-10-18(11-13-19)21-8-5-6-14-29-21/h3-14,17,24,26-27,30-31,33H,16H2,1-2H3. The van der Waals surface area contributed by atoms with Gasteiger partial charge in [-0.05, 0) is 37.7 Å². The molecular weight excluding hydrogens is 426 g/mol. The van der Waals surface area contributed by atoms with Crippen LogP contribution < -0.4 is 5.32 Å². The lowest BCUT2D eigenvalue weighted by Gasteiger charge is -2.47. The number of nitrogens with zero attached hydrogens (tertiary/aromatic N) is 3. The van der Waals surface area contributed by atoms with Crippen LogP contribution in [0.1, 0.15) is 24.2 Å². The first-order valence-electron chi connectivity index (χ1n) is 11.4. The topological polar surface area (TPSA) is 97.2 Å². The molecule has 2 aromatic carbocycles. The summed E-state index contributed by atoms with van der Waals surface area (Å²) in [6.07, 6.45) is 0.244. The van der Waals surface area contributed by atoms with Crippen molar-refractivity contribution >= 4 is 16.6 Å². The first-order valence-corrected chi connectivity index (χ1v) is 11.4. The van der Waals surface area contributed by atoms with Crippen LogP contribution in [-0.2, 0) is 4.74 Å². The van der Waals surface area contributed by atoms with Gasteiger partial charge in [-0.3, -0.25) is 9.88 Å². The molecule has 0 radical (unpaired) electrons. The summed E-state index contributed by atoms with van der Waals surface area (Å²) in [5, 5.41) is 24.3. The van der Waals surface area contributed by atoms with E-state index in [2.05, 4.69) is 57.6 Å². The summed E-state index contributed by atoms with van der Waals surface area (Å²) in [6, 6.07) is 24.2. The SMILES string of the molecule is CC(O)C(Nc1c(C#N)[nH]c2ccccc12)OC1CN(C)C1c1ccc(-c2ccccn2)cc1. The molecule has 1 aliphatic rings. The Labute approximate surface area is 198 Å². The predicted octanol–water partition coefficient (Wildman–Crippen LogP) is 4.29. The van der Waals surface area contributed by atoms with E-state index in [0.29, 0.717) is 11.4 Å². The van der Waals surface area contributed by atoms with Crippen LogP contribution in [0.4, 0.5) is 5.69 Å². The van der Waals surface area contributed by atoms with Crippen molar-refractivity contribution in [1.82, 2.24) is 14.9 Å². The van der Waals surface area contributed by atoms with Crippen LogP contribution in [0.5, 0.6) is 0 Å². The fourth-order valence-corrected chi connectivity index (χ4v) is 4.59. The van der Waals surface area contributed by atoms with E-state index in [1.165, 1.54) is 0 Å². The zero-order valence-electron chi connectivity index (χ0n) is 19.1. The van der Waals surface area contributed by atoms with Crippen LogP contribution in [0, 0.1) is 11.3 Å². The Kier molecular flexibility index (Phi) is 6.03. The molecule has 3 N–H and O–H groups in total. The normalized spacial score (nSPS) is 19.8. The highest BCUT2D eigenvalue weighted by Gasteiger charge is 2.40. The Morgan fingerprint density at radius 1 is 1.15 bits per heavy atom. The van der Waals surface area contributed by atoms with E-state index in [1.54, 1.807) is 13.1 Å². The maximum Gasteiger partial charge on any atom is 0.154 e. The molecule has 5 rings (SSSR count). The van der Waals surface area contributed by atoms with E-state index < -0.39 is 12.3 Å². The molecule has 0 amide bonds. The highest BCUT2D eigenvalue weighted by Crippen LogP contribution is 2.37. The molecule has 3 heterocycles. The summed E-state index contributed by atoms with van der Waals surface area (Å²) < 4.78 is 6.38. The van der Waals surface area contributed by atoms with Gasteiger partial charge >= 0.3 is 0 Å². The molecule has 7 heteroatoms. The molecule has 34 heavy (non-hydrogen) atoms. The van der Waals surface area contributed by atoms with Crippen molar-refractivity contribution in [1.29, 1.82) is 5.26 Å². The third-order valence-corrected chi connectivity index (χ3v) is 6.37. The Morgan fingerprint density at radius 2 is 1.91 bits per heavy atom. The monoisotopic (exact) mass is 453 g/mol. The van der Waals surface area contributed by atoms with Crippen LogP contribution in [0.25, 0.3) is 22.2 Å². The molecule has 172 valence electrons. The minimum atomic E-state index is -0.779. The van der Waals surface area contributed by atoms with Gasteiger partial charge in [-0.15, -0.1) is 0 Å². The summed E-state index contributed by atoms with van der Waals surface area (Å²) >= 11 is 0. The van der Waals surface area contributed by atoms with E-state index in [1.807, 2.05) is 42.5 Å². The summed E-state index contributed by atoms with van der Waals surface area (Å²) in [4.78, 5) is 9.77. The number of fused-ring (bicyclic) bond motifs is 1. The number of aromatic nitrogens is 2. The third kappa shape index (κ3) is 4.15. The van der Waals surface area contributed by atoms with Crippen LogP contribution in [0.2, 0.25) is 0 Å². The molecule has 0 spiro atoms. The van der Waals surface area contributed by atoms with Crippen LogP contribution in [-0.4, -0.2) is 52.0 Å². The molecular formula is C27H27N5O2. The fraction of sp³-hybridized carbons (Fsp3) is 0.259. The van der Waals surface area contributed by atoms with E-state index in [4.69, 9.17) is 4.74 Å². The van der Waals surface area contributed by atoms with Crippen molar-refractivity contribution in [2.75, 3.05) is 18.9 Å². The lowest BCUT2D eigenvalue weighted by Crippen LogP contribution is -2.55. The first kappa shape index (κ1) is 22.1. The van der Waals surface area contributed by atoms with Gasteiger partial charge in [0.2, 0.25) is 0 Å². The lowest BCUT2D eigenvalue weighted by atomic mass is 9.91. The van der Waals surface area contributed by atoms with E-state index in [9.17, 15) is 10.4 Å². The molecule has 4 aromatic rings. The van der Waals surface area contributed by atoms with Gasteiger partial charge in [0.25, 0.3) is 0 Å². The smallest absolute Gasteiger partial charge is 0.154 e. The second kappa shape index (κ2) is 9.27. The van der Waals surface area contributed by atoms with E-state index in [0.717, 1.165) is 34.3 Å². The van der Waals surface area contributed by atoms with Crippen molar-refractivity contribution < 1.29 is 9.84 Å². The first-order chi connectivity index (χ1) is 16.5. The molecule has 0 aliphatic carbocycles. The molecule has 2 aromatic heterocycles. The molecule has 7 nitrogen and oxygen atoms in total. The number of hydrogen-bond donors (Lipinski definition) is 3. The second-order valence-corrected chi connectivity index (χ2v) is 8.73. The van der Waals surface area contributed by atoms with Gasteiger partial charge in [0.15, 0.2) is 6.23 Å². The number of nitriles is 1. The number of nitrogens with one attached hydrogen (secondary N) is 2. The number of H-pyrrole nitrogens is 1. The maximum atomic E-state index is 10.5. The molecule has 4 unspecified atom stereocenters. The van der Waals surface area contributed by atoms with Crippen LogP contribution >= 0.6 is 0 Å². The lowest BCUT2D eigenvalue weighted by molar-refractivity contribution is -0.142. The number of benzene rings is 2. The zero-order chi connectivity index (χ0) is 23.7. The third-order valence-electron chi connectivity index (χ3n) is 6.37. The number of anilines is 1. The number of aromatic amines is 1. The number of likely N-dealkylation sites (tertiary alicyclic amines) is 1. The maximum absolute atomic E-state index is 10.5. The molecule has 4 atom stereocenters. The fourth-order valence-electron chi connectivity index (χ4n) is 4.59. The Morgan fingerprint density at radius 3 is 2.59 bits per heavy atom. The number of para-hydroxylation sites is 1. The van der Waals surface area contributed by atoms with Crippen molar-refractivity contribution in [2.24, 2.45) is 0 Å². The molecule has 1 fully saturated rings. The summed E-state index contributed by atoms with van der Waals surface area (Å²) in [7, 11) is 2.06. The van der Waals surface area contributed by atoms with E-state index in [-0.39, 0.29) is 12.1 Å². The van der Waals surface area contributed by atoms with Crippen molar-refractivity contribution in [3.05, 3.63) is 84.2 Å². The minimum absolute atomic E-state index is 0.0687. The molecule has 0 saturated carbocycles. The van der Waals surface area contributed by atoms with Gasteiger partial charge in [-0.25, -0.2) is 0 Å². The quantitative estimate of drug-likeness (QED) is 0.361. The number of likely N-dealkylation sites (N-methyl/N-ethyl adjacent to an activating group) is 1. The van der Waals surface area contributed by atoms with Gasteiger partial charge < -0.3 is 20.1 Å². The van der Waals surface area contributed by atoms with Crippen molar-refractivity contribution in [3.8, 4) is 17.3 Å². The Balaban J connectivity index is 1.35. The average molecular weight is 454 g/mol. The second-order valence-electron chi connectivity index (χ2n) is 8.73. The zero-order valence-corrected chi connectivity index (χ0v) is 19.1. The number of pyridine rings is 1.